The van der Waals surface area contributed by atoms with Gasteiger partial charge in [0.1, 0.15) is 6.04 Å². The van der Waals surface area contributed by atoms with E-state index in [0.29, 0.717) is 12.5 Å². The fourth-order valence-corrected chi connectivity index (χ4v) is 5.86. The van der Waals surface area contributed by atoms with Gasteiger partial charge in [-0.2, -0.15) is 0 Å². The van der Waals surface area contributed by atoms with E-state index in [4.69, 9.17) is 15.2 Å². The third-order valence-corrected chi connectivity index (χ3v) is 7.58. The third-order valence-electron chi connectivity index (χ3n) is 7.58. The predicted octanol–water partition coefficient (Wildman–Crippen LogP) is 1.79. The summed E-state index contributed by atoms with van der Waals surface area (Å²) in [5, 5.41) is 0. The van der Waals surface area contributed by atoms with Gasteiger partial charge >= 0.3 is 5.97 Å². The maximum absolute atomic E-state index is 12.6. The van der Waals surface area contributed by atoms with E-state index in [2.05, 4.69) is 25.7 Å². The third kappa shape index (κ3) is 2.12. The number of nitrogens with two attached hydrogens (primary N) is 1. The second-order valence-corrected chi connectivity index (χ2v) is 8.25. The van der Waals surface area contributed by atoms with Crippen molar-refractivity contribution in [3.8, 4) is 0 Å². The highest BCUT2D eigenvalue weighted by Crippen LogP contribution is 2.71. The molecule has 3 aliphatic rings. The van der Waals surface area contributed by atoms with Crippen LogP contribution in [0.4, 0.5) is 0 Å². The smallest absolute Gasteiger partial charge is 0.324 e. The minimum Gasteiger partial charge on any atom is -0.465 e. The number of nitrogens with zero attached hydrogens (tertiary/aromatic N) is 1. The molecule has 1 saturated heterocycles. The van der Waals surface area contributed by atoms with E-state index >= 15 is 0 Å². The number of morpholine rings is 1. The van der Waals surface area contributed by atoms with Crippen molar-refractivity contribution in [2.24, 2.45) is 22.5 Å². The fraction of sp³-hybridized carbons (Fsp3) is 0.944. The van der Waals surface area contributed by atoms with Crippen LogP contribution in [0.2, 0.25) is 0 Å². The Kier molecular flexibility index (Phi) is 4.27. The fourth-order valence-electron chi connectivity index (χ4n) is 5.86. The standard InChI is InChI=1S/C18H32N2O3/c1-5-23-15(21)14(19)18(20-8-10-22-11-9-20)12-13-6-7-17(18,4)16(13,2)3/h13-14H,5-12,19H2,1-4H3/t13-,14+,17+,18+/m0/s1. The summed E-state index contributed by atoms with van der Waals surface area (Å²) in [5.74, 6) is 0.374. The Balaban J connectivity index is 2.03. The van der Waals surface area contributed by atoms with Gasteiger partial charge in [0.15, 0.2) is 0 Å². The van der Waals surface area contributed by atoms with E-state index in [-0.39, 0.29) is 22.3 Å². The molecule has 0 unspecified atom stereocenters. The Bertz CT molecular complexity index is 475. The minimum atomic E-state index is -0.588. The van der Waals surface area contributed by atoms with Gasteiger partial charge in [0.25, 0.3) is 0 Å². The lowest BCUT2D eigenvalue weighted by Crippen LogP contribution is -2.71. The summed E-state index contributed by atoms with van der Waals surface area (Å²) in [4.78, 5) is 15.1. The van der Waals surface area contributed by atoms with Gasteiger partial charge in [0, 0.05) is 13.1 Å². The average Bonchev–Trinajstić information content (AvgIpc) is 2.87. The van der Waals surface area contributed by atoms with Gasteiger partial charge in [-0.25, -0.2) is 0 Å². The van der Waals surface area contributed by atoms with Crippen molar-refractivity contribution in [3.05, 3.63) is 0 Å². The molecule has 0 radical (unpaired) electrons. The largest absolute Gasteiger partial charge is 0.465 e. The van der Waals surface area contributed by atoms with Gasteiger partial charge in [0.05, 0.1) is 25.4 Å². The molecule has 2 bridgehead atoms. The van der Waals surface area contributed by atoms with Gasteiger partial charge in [-0.15, -0.1) is 0 Å². The molecule has 0 aromatic rings. The molecule has 132 valence electrons. The number of ether oxygens (including phenoxy) is 2. The number of fused-ring (bicyclic) bond motifs is 2. The number of esters is 1. The summed E-state index contributed by atoms with van der Waals surface area (Å²) in [5.41, 5.74) is 6.51. The Morgan fingerprint density at radius 2 is 2.00 bits per heavy atom. The highest BCUT2D eigenvalue weighted by atomic mass is 16.5. The number of rotatable bonds is 4. The maximum Gasteiger partial charge on any atom is 0.324 e. The molecule has 2 aliphatic carbocycles. The van der Waals surface area contributed by atoms with Gasteiger partial charge < -0.3 is 15.2 Å². The molecule has 0 spiro atoms. The van der Waals surface area contributed by atoms with Crippen LogP contribution in [0.25, 0.3) is 0 Å². The van der Waals surface area contributed by atoms with Crippen LogP contribution in [-0.4, -0.2) is 55.4 Å². The number of carbonyl (C=O) groups is 1. The molecule has 0 aromatic carbocycles. The van der Waals surface area contributed by atoms with Crippen LogP contribution in [0.15, 0.2) is 0 Å². The summed E-state index contributed by atoms with van der Waals surface area (Å²) in [6.07, 6.45) is 3.37. The van der Waals surface area contributed by atoms with Gasteiger partial charge in [-0.3, -0.25) is 9.69 Å². The average molecular weight is 324 g/mol. The van der Waals surface area contributed by atoms with Crippen molar-refractivity contribution in [1.82, 2.24) is 4.90 Å². The van der Waals surface area contributed by atoms with E-state index in [1.807, 2.05) is 6.92 Å². The minimum absolute atomic E-state index is 0.0220. The topological polar surface area (TPSA) is 64.8 Å². The molecule has 5 nitrogen and oxygen atoms in total. The van der Waals surface area contributed by atoms with Crippen LogP contribution in [0.3, 0.4) is 0 Å². The van der Waals surface area contributed by atoms with Crippen molar-refractivity contribution in [2.45, 2.75) is 58.5 Å². The second-order valence-electron chi connectivity index (χ2n) is 8.25. The summed E-state index contributed by atoms with van der Waals surface area (Å²) >= 11 is 0. The molecule has 5 heteroatoms. The molecule has 1 aliphatic heterocycles. The molecule has 0 aromatic heterocycles. The van der Waals surface area contributed by atoms with Crippen LogP contribution < -0.4 is 5.73 Å². The molecule has 4 atom stereocenters. The van der Waals surface area contributed by atoms with Gasteiger partial charge in [0.2, 0.25) is 0 Å². The van der Waals surface area contributed by atoms with Crippen molar-refractivity contribution in [3.63, 3.8) is 0 Å². The maximum atomic E-state index is 12.6. The first-order valence-corrected chi connectivity index (χ1v) is 9.06. The van der Waals surface area contributed by atoms with Crippen LogP contribution in [0.1, 0.15) is 47.0 Å². The lowest BCUT2D eigenvalue weighted by atomic mass is 9.59. The monoisotopic (exact) mass is 324 g/mol. The van der Waals surface area contributed by atoms with Crippen molar-refractivity contribution in [1.29, 1.82) is 0 Å². The Morgan fingerprint density at radius 1 is 1.35 bits per heavy atom. The van der Waals surface area contributed by atoms with Crippen molar-refractivity contribution in [2.75, 3.05) is 32.9 Å². The van der Waals surface area contributed by atoms with Gasteiger partial charge in [-0.1, -0.05) is 20.8 Å². The lowest BCUT2D eigenvalue weighted by molar-refractivity contribution is -0.159. The van der Waals surface area contributed by atoms with E-state index in [9.17, 15) is 4.79 Å². The van der Waals surface area contributed by atoms with Gasteiger partial charge in [-0.05, 0) is 42.9 Å². The molecule has 0 amide bonds. The molecule has 3 fully saturated rings. The lowest BCUT2D eigenvalue weighted by Gasteiger charge is -2.57. The summed E-state index contributed by atoms with van der Waals surface area (Å²) in [7, 11) is 0. The van der Waals surface area contributed by atoms with Crippen LogP contribution in [0, 0.1) is 16.7 Å². The molecule has 23 heavy (non-hydrogen) atoms. The normalized spacial score (nSPS) is 41.0. The zero-order valence-electron chi connectivity index (χ0n) is 15.1. The highest BCUT2D eigenvalue weighted by Gasteiger charge is 2.73. The Labute approximate surface area is 139 Å². The molecule has 2 N–H and O–H groups in total. The summed E-state index contributed by atoms with van der Waals surface area (Å²) < 4.78 is 10.9. The van der Waals surface area contributed by atoms with Crippen LogP contribution in [-0.2, 0) is 14.3 Å². The quantitative estimate of drug-likeness (QED) is 0.799. The molecular weight excluding hydrogens is 292 g/mol. The molecular formula is C18H32N2O3. The first-order valence-electron chi connectivity index (χ1n) is 9.06. The molecule has 1 heterocycles. The molecule has 3 rings (SSSR count). The van der Waals surface area contributed by atoms with E-state index < -0.39 is 6.04 Å². The first kappa shape index (κ1) is 17.2. The Hall–Kier alpha value is -0.650. The predicted molar refractivity (Wildman–Crippen MR) is 89.0 cm³/mol. The Morgan fingerprint density at radius 3 is 2.48 bits per heavy atom. The summed E-state index contributed by atoms with van der Waals surface area (Å²) in [6, 6.07) is -0.588. The first-order chi connectivity index (χ1) is 10.8. The number of hydrogen-bond acceptors (Lipinski definition) is 5. The number of carbonyl (C=O) groups excluding carboxylic acids is 1. The van der Waals surface area contributed by atoms with Crippen molar-refractivity contribution >= 4 is 5.97 Å². The second kappa shape index (κ2) is 5.71. The van der Waals surface area contributed by atoms with Crippen LogP contribution >= 0.6 is 0 Å². The number of hydrogen-bond donors (Lipinski definition) is 1. The van der Waals surface area contributed by atoms with E-state index in [1.165, 1.54) is 6.42 Å². The summed E-state index contributed by atoms with van der Waals surface area (Å²) in [6.45, 7) is 12.5. The highest BCUT2D eigenvalue weighted by molar-refractivity contribution is 5.78. The zero-order chi connectivity index (χ0) is 16.9. The SMILES string of the molecule is CCOC(=O)[C@@H](N)[C@]1(N2CCOCC2)C[C@@H]2CC[C@]1(C)C2(C)C. The van der Waals surface area contributed by atoms with E-state index in [0.717, 1.165) is 39.1 Å². The van der Waals surface area contributed by atoms with Crippen LogP contribution in [0.5, 0.6) is 0 Å². The van der Waals surface area contributed by atoms with Crippen molar-refractivity contribution < 1.29 is 14.3 Å². The van der Waals surface area contributed by atoms with E-state index in [1.54, 1.807) is 0 Å². The molecule has 2 saturated carbocycles. The zero-order valence-corrected chi connectivity index (χ0v) is 15.1.